The number of amides is 2. The summed E-state index contributed by atoms with van der Waals surface area (Å²) in [5, 5.41) is 5.58. The molecule has 0 saturated heterocycles. The zero-order valence-electron chi connectivity index (χ0n) is 19.4. The smallest absolute Gasteiger partial charge is 0.336 e. The van der Waals surface area contributed by atoms with Crippen LogP contribution >= 0.6 is 0 Å². The van der Waals surface area contributed by atoms with Gasteiger partial charge in [-0.2, -0.15) is 0 Å². The molecule has 0 fully saturated rings. The molecule has 0 aliphatic carbocycles. The fourth-order valence-corrected chi connectivity index (χ4v) is 3.67. The van der Waals surface area contributed by atoms with Crippen LogP contribution in [-0.4, -0.2) is 44.1 Å². The van der Waals surface area contributed by atoms with Gasteiger partial charge in [-0.25, -0.2) is 14.0 Å². The summed E-state index contributed by atoms with van der Waals surface area (Å²) in [5.74, 6) is -2.04. The number of hydrogen-bond acceptors (Lipinski definition) is 7. The Morgan fingerprint density at radius 1 is 0.971 bits per heavy atom. The standard InChI is InChI=1S/C25H25FN2O7/c1-14(29)27-20(10-15-6-4-5-7-19(15)26)24(31)28-21(25(32)34-3)11-16-12-23(30)35-22-13-17(33-2)8-9-18(16)22/h4-9,12-13,20-21H,10-11H2,1-3H3,(H,27,29)(H,28,31)/t20-,21+/m0/s1. The van der Waals surface area contributed by atoms with Crippen LogP contribution in [0, 0.1) is 5.82 Å². The molecule has 2 amide bonds. The highest BCUT2D eigenvalue weighted by Crippen LogP contribution is 2.23. The molecule has 0 saturated carbocycles. The van der Waals surface area contributed by atoms with E-state index < -0.39 is 41.3 Å². The fourth-order valence-electron chi connectivity index (χ4n) is 3.67. The van der Waals surface area contributed by atoms with Crippen molar-refractivity contribution in [2.24, 2.45) is 0 Å². The van der Waals surface area contributed by atoms with Gasteiger partial charge in [0.15, 0.2) is 0 Å². The molecule has 0 aliphatic heterocycles. The Hall–Kier alpha value is -4.21. The molecule has 1 aromatic heterocycles. The molecule has 9 nitrogen and oxygen atoms in total. The lowest BCUT2D eigenvalue weighted by atomic mass is 10.0. The van der Waals surface area contributed by atoms with Crippen molar-refractivity contribution in [3.05, 3.63) is 75.9 Å². The quantitative estimate of drug-likeness (QED) is 0.351. The number of ether oxygens (including phenoxy) is 2. The van der Waals surface area contributed by atoms with Crippen molar-refractivity contribution in [1.29, 1.82) is 0 Å². The molecule has 2 aromatic carbocycles. The second-order valence-corrected chi connectivity index (χ2v) is 7.79. The average Bonchev–Trinajstić information content (AvgIpc) is 2.83. The SMILES string of the molecule is COC(=O)[C@@H](Cc1cc(=O)oc2cc(OC)ccc12)NC(=O)[C@H](Cc1ccccc1F)NC(C)=O. The average molecular weight is 484 g/mol. The Morgan fingerprint density at radius 2 is 1.69 bits per heavy atom. The lowest BCUT2D eigenvalue weighted by Crippen LogP contribution is -2.53. The zero-order valence-corrected chi connectivity index (χ0v) is 19.4. The second-order valence-electron chi connectivity index (χ2n) is 7.79. The van der Waals surface area contributed by atoms with Crippen molar-refractivity contribution in [3.8, 4) is 5.75 Å². The summed E-state index contributed by atoms with van der Waals surface area (Å²) in [5.41, 5.74) is 0.250. The van der Waals surface area contributed by atoms with Gasteiger partial charge in [-0.3, -0.25) is 9.59 Å². The zero-order chi connectivity index (χ0) is 25.5. The molecule has 3 aromatic rings. The van der Waals surface area contributed by atoms with Gasteiger partial charge >= 0.3 is 11.6 Å². The molecule has 3 rings (SSSR count). The third-order valence-corrected chi connectivity index (χ3v) is 5.34. The normalized spacial score (nSPS) is 12.5. The van der Waals surface area contributed by atoms with E-state index in [1.165, 1.54) is 44.4 Å². The number of carbonyl (C=O) groups excluding carboxylic acids is 3. The number of halogens is 1. The van der Waals surface area contributed by atoms with Crippen LogP contribution in [0.2, 0.25) is 0 Å². The maximum absolute atomic E-state index is 14.2. The van der Waals surface area contributed by atoms with E-state index in [9.17, 15) is 23.6 Å². The molecule has 184 valence electrons. The van der Waals surface area contributed by atoms with Crippen LogP contribution in [0.15, 0.2) is 57.7 Å². The highest BCUT2D eigenvalue weighted by molar-refractivity contribution is 5.91. The van der Waals surface area contributed by atoms with E-state index in [2.05, 4.69) is 10.6 Å². The van der Waals surface area contributed by atoms with Gasteiger partial charge in [-0.15, -0.1) is 0 Å². The number of hydrogen-bond donors (Lipinski definition) is 2. The molecule has 0 unspecified atom stereocenters. The van der Waals surface area contributed by atoms with Crippen molar-refractivity contribution < 1.29 is 32.7 Å². The van der Waals surface area contributed by atoms with Gasteiger partial charge < -0.3 is 24.5 Å². The Kier molecular flexibility index (Phi) is 8.19. The Morgan fingerprint density at radius 3 is 2.34 bits per heavy atom. The summed E-state index contributed by atoms with van der Waals surface area (Å²) >= 11 is 0. The topological polar surface area (TPSA) is 124 Å². The predicted octanol–water partition coefficient (Wildman–Crippen LogP) is 1.89. The largest absolute Gasteiger partial charge is 0.497 e. The Bertz CT molecular complexity index is 1300. The van der Waals surface area contributed by atoms with E-state index in [-0.39, 0.29) is 24.0 Å². The van der Waals surface area contributed by atoms with E-state index >= 15 is 0 Å². The molecule has 35 heavy (non-hydrogen) atoms. The Balaban J connectivity index is 1.90. The van der Waals surface area contributed by atoms with Crippen LogP contribution in [0.3, 0.4) is 0 Å². The first-order valence-electron chi connectivity index (χ1n) is 10.7. The van der Waals surface area contributed by atoms with Gasteiger partial charge in [-0.1, -0.05) is 18.2 Å². The lowest BCUT2D eigenvalue weighted by molar-refractivity contribution is -0.145. The third-order valence-electron chi connectivity index (χ3n) is 5.34. The van der Waals surface area contributed by atoms with E-state index in [0.717, 1.165) is 7.11 Å². The van der Waals surface area contributed by atoms with Gasteiger partial charge in [0.2, 0.25) is 11.8 Å². The molecular weight excluding hydrogens is 459 g/mol. The molecule has 0 bridgehead atoms. The van der Waals surface area contributed by atoms with Crippen molar-refractivity contribution in [2.45, 2.75) is 31.8 Å². The number of fused-ring (bicyclic) bond motifs is 1. The van der Waals surface area contributed by atoms with Gasteiger partial charge in [-0.05, 0) is 29.3 Å². The first-order chi connectivity index (χ1) is 16.7. The van der Waals surface area contributed by atoms with Gasteiger partial charge in [0.05, 0.1) is 14.2 Å². The maximum atomic E-state index is 14.2. The van der Waals surface area contributed by atoms with Crippen molar-refractivity contribution in [1.82, 2.24) is 10.6 Å². The first kappa shape index (κ1) is 25.4. The maximum Gasteiger partial charge on any atom is 0.336 e. The van der Waals surface area contributed by atoms with E-state index in [1.54, 1.807) is 18.2 Å². The molecule has 0 spiro atoms. The van der Waals surface area contributed by atoms with Gasteiger partial charge in [0, 0.05) is 37.3 Å². The van der Waals surface area contributed by atoms with Crippen molar-refractivity contribution in [2.75, 3.05) is 14.2 Å². The third kappa shape index (κ3) is 6.44. The summed E-state index contributed by atoms with van der Waals surface area (Å²) in [6.45, 7) is 1.23. The number of carbonyl (C=O) groups is 3. The minimum atomic E-state index is -1.20. The summed E-state index contributed by atoms with van der Waals surface area (Å²) < 4.78 is 29.4. The molecule has 0 aliphatic rings. The summed E-state index contributed by atoms with van der Waals surface area (Å²) in [7, 11) is 2.63. The summed E-state index contributed by atoms with van der Waals surface area (Å²) in [6, 6.07) is 9.61. The second kappa shape index (κ2) is 11.3. The van der Waals surface area contributed by atoms with Crippen LogP contribution in [-0.2, 0) is 32.0 Å². The minimum Gasteiger partial charge on any atom is -0.497 e. The van der Waals surface area contributed by atoms with Crippen molar-refractivity contribution >= 4 is 28.8 Å². The fraction of sp³-hybridized carbons (Fsp3) is 0.280. The highest BCUT2D eigenvalue weighted by Gasteiger charge is 2.28. The number of rotatable bonds is 9. The lowest BCUT2D eigenvalue weighted by Gasteiger charge is -2.22. The van der Waals surface area contributed by atoms with Gasteiger partial charge in [0.1, 0.15) is 29.2 Å². The van der Waals surface area contributed by atoms with Crippen LogP contribution in [0.4, 0.5) is 4.39 Å². The molecule has 2 N–H and O–H groups in total. The summed E-state index contributed by atoms with van der Waals surface area (Å²) in [4.78, 5) is 49.4. The summed E-state index contributed by atoms with van der Waals surface area (Å²) in [6.07, 6.45) is -0.233. The highest BCUT2D eigenvalue weighted by atomic mass is 19.1. The van der Waals surface area contributed by atoms with Crippen LogP contribution in [0.25, 0.3) is 11.0 Å². The number of nitrogens with one attached hydrogen (secondary N) is 2. The molecule has 0 radical (unpaired) electrons. The first-order valence-corrected chi connectivity index (χ1v) is 10.7. The molecule has 1 heterocycles. The van der Waals surface area contributed by atoms with Gasteiger partial charge in [0.25, 0.3) is 0 Å². The van der Waals surface area contributed by atoms with Crippen molar-refractivity contribution in [3.63, 3.8) is 0 Å². The molecular formula is C25H25FN2O7. The van der Waals surface area contributed by atoms with E-state index in [4.69, 9.17) is 13.9 Å². The molecule has 10 heteroatoms. The number of methoxy groups -OCH3 is 2. The number of benzene rings is 2. The molecule has 2 atom stereocenters. The van der Waals surface area contributed by atoms with Crippen LogP contribution in [0.1, 0.15) is 18.1 Å². The predicted molar refractivity (Wildman–Crippen MR) is 124 cm³/mol. The monoisotopic (exact) mass is 484 g/mol. The van der Waals surface area contributed by atoms with Crippen LogP contribution in [0.5, 0.6) is 5.75 Å². The number of esters is 1. The van der Waals surface area contributed by atoms with E-state index in [0.29, 0.717) is 16.7 Å². The minimum absolute atomic E-state index is 0.0979. The van der Waals surface area contributed by atoms with E-state index in [1.807, 2.05) is 0 Å². The Labute approximate surface area is 200 Å². The van der Waals surface area contributed by atoms with Crippen LogP contribution < -0.4 is 21.0 Å².